The van der Waals surface area contributed by atoms with Gasteiger partial charge in [0.25, 0.3) is 0 Å². The molecule has 1 nitrogen and oxygen atoms in total. The standard InChI is InChI=1S/C8H7N.C7H7F.2C2H6/c1-7-2-4-8(6-9)5-3-7;1-6-2-4-7(8)5-3-6;2*1-2/h2-5H,1H3;2-5H,1H3;2*1-2H3. The van der Waals surface area contributed by atoms with Crippen molar-refractivity contribution < 1.29 is 4.39 Å². The Morgan fingerprint density at radius 3 is 1.33 bits per heavy atom. The maximum absolute atomic E-state index is 12.1. The summed E-state index contributed by atoms with van der Waals surface area (Å²) in [4.78, 5) is 0. The van der Waals surface area contributed by atoms with Crippen LogP contribution in [0, 0.1) is 31.0 Å². The molecular formula is C19H26FN. The molecule has 0 atom stereocenters. The first-order chi connectivity index (χ1) is 10.1. The van der Waals surface area contributed by atoms with Crippen molar-refractivity contribution in [1.82, 2.24) is 0 Å². The zero-order valence-electron chi connectivity index (χ0n) is 13.9. The van der Waals surface area contributed by atoms with Gasteiger partial charge in [-0.25, -0.2) is 4.39 Å². The van der Waals surface area contributed by atoms with E-state index in [9.17, 15) is 4.39 Å². The fourth-order valence-corrected chi connectivity index (χ4v) is 1.16. The van der Waals surface area contributed by atoms with Gasteiger partial charge in [0, 0.05) is 0 Å². The fourth-order valence-electron chi connectivity index (χ4n) is 1.16. The Labute approximate surface area is 129 Å². The Hall–Kier alpha value is -2.14. The van der Waals surface area contributed by atoms with Crippen molar-refractivity contribution in [2.75, 3.05) is 0 Å². The Bertz CT molecular complexity index is 472. The minimum absolute atomic E-state index is 0.171. The van der Waals surface area contributed by atoms with Crippen LogP contribution in [0.5, 0.6) is 0 Å². The van der Waals surface area contributed by atoms with Gasteiger partial charge in [0.1, 0.15) is 5.82 Å². The van der Waals surface area contributed by atoms with Gasteiger partial charge in [0.15, 0.2) is 0 Å². The van der Waals surface area contributed by atoms with E-state index in [1.54, 1.807) is 12.1 Å². The fraction of sp³-hybridized carbons (Fsp3) is 0.316. The van der Waals surface area contributed by atoms with Crippen LogP contribution in [0.3, 0.4) is 0 Å². The number of aryl methyl sites for hydroxylation is 2. The Morgan fingerprint density at radius 1 is 0.714 bits per heavy atom. The van der Waals surface area contributed by atoms with E-state index < -0.39 is 0 Å². The summed E-state index contributed by atoms with van der Waals surface area (Å²) in [5.74, 6) is -0.171. The first kappa shape index (κ1) is 21.2. The molecule has 2 rings (SSSR count). The van der Waals surface area contributed by atoms with E-state index in [4.69, 9.17) is 5.26 Å². The van der Waals surface area contributed by atoms with Gasteiger partial charge in [0.2, 0.25) is 0 Å². The topological polar surface area (TPSA) is 23.8 Å². The summed E-state index contributed by atoms with van der Waals surface area (Å²) in [6.07, 6.45) is 0. The van der Waals surface area contributed by atoms with Gasteiger partial charge >= 0.3 is 0 Å². The molecule has 0 fully saturated rings. The average Bonchev–Trinajstić information content (AvgIpc) is 2.55. The Kier molecular flexibility index (Phi) is 14.4. The molecule has 0 amide bonds. The van der Waals surface area contributed by atoms with E-state index in [0.717, 1.165) is 11.1 Å². The van der Waals surface area contributed by atoms with Gasteiger partial charge in [0.05, 0.1) is 11.6 Å². The van der Waals surface area contributed by atoms with Gasteiger partial charge < -0.3 is 0 Å². The molecule has 0 aromatic heterocycles. The molecule has 21 heavy (non-hydrogen) atoms. The normalized spacial score (nSPS) is 7.71. The summed E-state index contributed by atoms with van der Waals surface area (Å²) in [7, 11) is 0. The maximum Gasteiger partial charge on any atom is 0.123 e. The molecule has 2 heteroatoms. The predicted molar refractivity (Wildman–Crippen MR) is 89.7 cm³/mol. The molecule has 0 saturated carbocycles. The van der Waals surface area contributed by atoms with Gasteiger partial charge in [-0.3, -0.25) is 0 Å². The largest absolute Gasteiger partial charge is 0.207 e. The van der Waals surface area contributed by atoms with Crippen LogP contribution in [0.25, 0.3) is 0 Å². The molecule has 0 unspecified atom stereocenters. The first-order valence-electron chi connectivity index (χ1n) is 7.31. The second kappa shape index (κ2) is 14.3. The summed E-state index contributed by atoms with van der Waals surface area (Å²) >= 11 is 0. The lowest BCUT2D eigenvalue weighted by molar-refractivity contribution is 0.627. The highest BCUT2D eigenvalue weighted by molar-refractivity contribution is 5.30. The van der Waals surface area contributed by atoms with Gasteiger partial charge in [-0.2, -0.15) is 5.26 Å². The monoisotopic (exact) mass is 287 g/mol. The van der Waals surface area contributed by atoms with Crippen LogP contribution < -0.4 is 0 Å². The van der Waals surface area contributed by atoms with Gasteiger partial charge in [-0.1, -0.05) is 63.1 Å². The highest BCUT2D eigenvalue weighted by Crippen LogP contribution is 2.00. The molecule has 2 aromatic carbocycles. The smallest absolute Gasteiger partial charge is 0.123 e. The number of benzene rings is 2. The summed E-state index contributed by atoms with van der Waals surface area (Å²) in [6, 6.07) is 15.9. The van der Waals surface area contributed by atoms with Crippen LogP contribution in [0.2, 0.25) is 0 Å². The Morgan fingerprint density at radius 2 is 1.05 bits per heavy atom. The van der Waals surface area contributed by atoms with E-state index >= 15 is 0 Å². The van der Waals surface area contributed by atoms with Gasteiger partial charge in [-0.05, 0) is 38.1 Å². The second-order valence-corrected chi connectivity index (χ2v) is 3.77. The highest BCUT2D eigenvalue weighted by Gasteiger charge is 1.85. The molecule has 114 valence electrons. The van der Waals surface area contributed by atoms with Crippen molar-refractivity contribution in [3.05, 3.63) is 71.0 Å². The summed E-state index contributed by atoms with van der Waals surface area (Å²) in [5.41, 5.74) is 3.00. The van der Waals surface area contributed by atoms with E-state index in [1.807, 2.05) is 65.8 Å². The molecule has 2 aromatic rings. The average molecular weight is 287 g/mol. The van der Waals surface area contributed by atoms with Crippen LogP contribution >= 0.6 is 0 Å². The van der Waals surface area contributed by atoms with Crippen LogP contribution in [0.4, 0.5) is 4.39 Å². The maximum atomic E-state index is 12.1. The molecule has 0 aliphatic carbocycles. The van der Waals surface area contributed by atoms with Crippen LogP contribution in [0.1, 0.15) is 44.4 Å². The number of halogens is 1. The first-order valence-corrected chi connectivity index (χ1v) is 7.31. The third-order valence-corrected chi connectivity index (χ3v) is 2.19. The second-order valence-electron chi connectivity index (χ2n) is 3.77. The number of rotatable bonds is 0. The molecule has 0 N–H and O–H groups in total. The summed E-state index contributed by atoms with van der Waals surface area (Å²) in [5, 5.41) is 8.38. The molecule has 0 saturated heterocycles. The number of nitrogens with zero attached hydrogens (tertiary/aromatic N) is 1. The molecule has 0 heterocycles. The zero-order valence-corrected chi connectivity index (χ0v) is 13.9. The number of hydrogen-bond donors (Lipinski definition) is 0. The number of hydrogen-bond acceptors (Lipinski definition) is 1. The lowest BCUT2D eigenvalue weighted by atomic mass is 10.2. The van der Waals surface area contributed by atoms with Crippen molar-refractivity contribution in [2.45, 2.75) is 41.5 Å². The SMILES string of the molecule is CC.CC.Cc1ccc(C#N)cc1.Cc1ccc(F)cc1. The molecule has 0 spiro atoms. The van der Waals surface area contributed by atoms with E-state index in [2.05, 4.69) is 6.07 Å². The summed E-state index contributed by atoms with van der Waals surface area (Å²) in [6.45, 7) is 11.9. The van der Waals surface area contributed by atoms with E-state index in [-0.39, 0.29) is 5.82 Å². The van der Waals surface area contributed by atoms with Crippen LogP contribution in [-0.4, -0.2) is 0 Å². The van der Waals surface area contributed by atoms with Gasteiger partial charge in [-0.15, -0.1) is 0 Å². The molecular weight excluding hydrogens is 261 g/mol. The predicted octanol–water partition coefficient (Wildman–Crippen LogP) is 6.05. The van der Waals surface area contributed by atoms with Crippen molar-refractivity contribution in [3.8, 4) is 6.07 Å². The molecule has 0 aliphatic heterocycles. The lowest BCUT2D eigenvalue weighted by Gasteiger charge is -1.88. The lowest BCUT2D eigenvalue weighted by Crippen LogP contribution is -1.72. The molecule has 0 bridgehead atoms. The summed E-state index contributed by atoms with van der Waals surface area (Å²) < 4.78 is 12.1. The Balaban J connectivity index is 0. The van der Waals surface area contributed by atoms with E-state index in [0.29, 0.717) is 0 Å². The van der Waals surface area contributed by atoms with Crippen LogP contribution in [-0.2, 0) is 0 Å². The van der Waals surface area contributed by atoms with Crippen molar-refractivity contribution in [2.24, 2.45) is 0 Å². The quantitative estimate of drug-likeness (QED) is 0.578. The van der Waals surface area contributed by atoms with Crippen molar-refractivity contribution >= 4 is 0 Å². The third-order valence-electron chi connectivity index (χ3n) is 2.19. The zero-order chi connectivity index (χ0) is 16.7. The number of nitriles is 1. The highest BCUT2D eigenvalue weighted by atomic mass is 19.1. The minimum Gasteiger partial charge on any atom is -0.207 e. The van der Waals surface area contributed by atoms with Crippen molar-refractivity contribution in [3.63, 3.8) is 0 Å². The minimum atomic E-state index is -0.171. The van der Waals surface area contributed by atoms with E-state index in [1.165, 1.54) is 17.7 Å². The van der Waals surface area contributed by atoms with Crippen LogP contribution in [0.15, 0.2) is 48.5 Å². The molecule has 0 radical (unpaired) electrons. The van der Waals surface area contributed by atoms with Crippen molar-refractivity contribution in [1.29, 1.82) is 5.26 Å². The molecule has 0 aliphatic rings. The third kappa shape index (κ3) is 11.4.